The standard InChI is InChI=1S/C20H26N2O3/c1-23-16-6-4-14(5-7-16)13-22-9-8-15-10-19(24-2)20(25-3)11-17(15)18(22)12-21/h4-7,10-11,18H,8-9,12-13,21H2,1-3H3/t18-/m1/s1. The number of hydrogen-bond acceptors (Lipinski definition) is 5. The lowest BCUT2D eigenvalue weighted by Gasteiger charge is -2.37. The Morgan fingerprint density at radius 3 is 2.28 bits per heavy atom. The molecule has 0 fully saturated rings. The van der Waals surface area contributed by atoms with Gasteiger partial charge in [0.2, 0.25) is 0 Å². The highest BCUT2D eigenvalue weighted by Gasteiger charge is 2.28. The first-order valence-corrected chi connectivity index (χ1v) is 8.52. The van der Waals surface area contributed by atoms with Crippen molar-refractivity contribution in [1.82, 2.24) is 4.90 Å². The zero-order chi connectivity index (χ0) is 17.8. The van der Waals surface area contributed by atoms with Crippen molar-refractivity contribution in [1.29, 1.82) is 0 Å². The fourth-order valence-electron chi connectivity index (χ4n) is 3.51. The van der Waals surface area contributed by atoms with Crippen molar-refractivity contribution in [3.8, 4) is 17.2 Å². The molecule has 1 heterocycles. The first-order valence-electron chi connectivity index (χ1n) is 8.52. The summed E-state index contributed by atoms with van der Waals surface area (Å²) >= 11 is 0. The number of methoxy groups -OCH3 is 3. The first-order chi connectivity index (χ1) is 12.2. The molecular formula is C20H26N2O3. The third kappa shape index (κ3) is 3.57. The molecule has 0 unspecified atom stereocenters. The van der Waals surface area contributed by atoms with Gasteiger partial charge in [0, 0.05) is 25.7 Å². The van der Waals surface area contributed by atoms with E-state index in [0.717, 1.165) is 36.8 Å². The van der Waals surface area contributed by atoms with Gasteiger partial charge in [0.15, 0.2) is 11.5 Å². The van der Waals surface area contributed by atoms with Gasteiger partial charge in [-0.05, 0) is 47.4 Å². The predicted molar refractivity (Wildman–Crippen MR) is 98.4 cm³/mol. The number of nitrogens with two attached hydrogens (primary N) is 1. The van der Waals surface area contributed by atoms with Crippen LogP contribution in [-0.2, 0) is 13.0 Å². The maximum absolute atomic E-state index is 6.14. The Morgan fingerprint density at radius 1 is 1.00 bits per heavy atom. The monoisotopic (exact) mass is 342 g/mol. The number of ether oxygens (including phenoxy) is 3. The van der Waals surface area contributed by atoms with Crippen molar-refractivity contribution >= 4 is 0 Å². The fourth-order valence-corrected chi connectivity index (χ4v) is 3.51. The number of rotatable bonds is 6. The van der Waals surface area contributed by atoms with E-state index >= 15 is 0 Å². The van der Waals surface area contributed by atoms with Crippen molar-refractivity contribution in [2.45, 2.75) is 19.0 Å². The molecule has 0 aromatic heterocycles. The number of nitrogens with zero attached hydrogens (tertiary/aromatic N) is 1. The quantitative estimate of drug-likeness (QED) is 0.875. The molecule has 0 amide bonds. The largest absolute Gasteiger partial charge is 0.497 e. The first kappa shape index (κ1) is 17.6. The van der Waals surface area contributed by atoms with Crippen LogP contribution in [0.25, 0.3) is 0 Å². The Labute approximate surface area is 149 Å². The molecule has 5 heteroatoms. The Hall–Kier alpha value is -2.24. The number of fused-ring (bicyclic) bond motifs is 1. The Kier molecular flexibility index (Phi) is 5.46. The van der Waals surface area contributed by atoms with Gasteiger partial charge in [0.1, 0.15) is 5.75 Å². The van der Waals surface area contributed by atoms with Crippen molar-refractivity contribution in [3.05, 3.63) is 53.1 Å². The molecule has 0 radical (unpaired) electrons. The van der Waals surface area contributed by atoms with Gasteiger partial charge in [-0.3, -0.25) is 4.90 Å². The topological polar surface area (TPSA) is 57.0 Å². The molecule has 25 heavy (non-hydrogen) atoms. The van der Waals surface area contributed by atoms with E-state index in [4.69, 9.17) is 19.9 Å². The van der Waals surface area contributed by atoms with E-state index in [2.05, 4.69) is 29.2 Å². The molecule has 1 atom stereocenters. The Morgan fingerprint density at radius 2 is 1.68 bits per heavy atom. The maximum Gasteiger partial charge on any atom is 0.161 e. The van der Waals surface area contributed by atoms with Gasteiger partial charge in [-0.2, -0.15) is 0 Å². The molecule has 2 aromatic carbocycles. The van der Waals surface area contributed by atoms with E-state index in [-0.39, 0.29) is 6.04 Å². The van der Waals surface area contributed by atoms with Crippen molar-refractivity contribution in [2.75, 3.05) is 34.4 Å². The minimum absolute atomic E-state index is 0.172. The van der Waals surface area contributed by atoms with Crippen LogP contribution in [0.3, 0.4) is 0 Å². The minimum Gasteiger partial charge on any atom is -0.497 e. The van der Waals surface area contributed by atoms with E-state index < -0.39 is 0 Å². The van der Waals surface area contributed by atoms with Crippen LogP contribution in [0, 0.1) is 0 Å². The fraction of sp³-hybridized carbons (Fsp3) is 0.400. The van der Waals surface area contributed by atoms with E-state index in [0.29, 0.717) is 6.54 Å². The van der Waals surface area contributed by atoms with E-state index in [1.165, 1.54) is 16.7 Å². The molecule has 3 rings (SSSR count). The molecule has 1 aliphatic rings. The summed E-state index contributed by atoms with van der Waals surface area (Å²) in [7, 11) is 5.02. The van der Waals surface area contributed by atoms with E-state index in [1.807, 2.05) is 12.1 Å². The zero-order valence-corrected chi connectivity index (χ0v) is 15.1. The molecule has 2 N–H and O–H groups in total. The second kappa shape index (κ2) is 7.76. The lowest BCUT2D eigenvalue weighted by Crippen LogP contribution is -2.38. The van der Waals surface area contributed by atoms with Crippen LogP contribution in [0.15, 0.2) is 36.4 Å². The molecule has 0 aliphatic carbocycles. The summed E-state index contributed by atoms with van der Waals surface area (Å²) < 4.78 is 16.1. The van der Waals surface area contributed by atoms with Gasteiger partial charge in [-0.1, -0.05) is 12.1 Å². The SMILES string of the molecule is COc1ccc(CN2CCc3cc(OC)c(OC)cc3[C@H]2CN)cc1. The van der Waals surface area contributed by atoms with E-state index in [9.17, 15) is 0 Å². The molecule has 1 aliphatic heterocycles. The highest BCUT2D eigenvalue weighted by molar-refractivity contribution is 5.49. The van der Waals surface area contributed by atoms with Gasteiger partial charge in [0.25, 0.3) is 0 Å². The third-order valence-electron chi connectivity index (χ3n) is 4.88. The van der Waals surface area contributed by atoms with Crippen molar-refractivity contribution in [3.63, 3.8) is 0 Å². The zero-order valence-electron chi connectivity index (χ0n) is 15.1. The molecule has 2 aromatic rings. The van der Waals surface area contributed by atoms with Gasteiger partial charge in [-0.15, -0.1) is 0 Å². The van der Waals surface area contributed by atoms with Crippen LogP contribution in [0.2, 0.25) is 0 Å². The molecule has 134 valence electrons. The summed E-state index contributed by atoms with van der Waals surface area (Å²) in [5, 5.41) is 0. The molecule has 0 bridgehead atoms. The van der Waals surface area contributed by atoms with Gasteiger partial charge in [-0.25, -0.2) is 0 Å². The van der Waals surface area contributed by atoms with Crippen molar-refractivity contribution < 1.29 is 14.2 Å². The van der Waals surface area contributed by atoms with Gasteiger partial charge >= 0.3 is 0 Å². The van der Waals surface area contributed by atoms with Gasteiger partial charge < -0.3 is 19.9 Å². The highest BCUT2D eigenvalue weighted by atomic mass is 16.5. The van der Waals surface area contributed by atoms with Crippen molar-refractivity contribution in [2.24, 2.45) is 5.73 Å². The summed E-state index contributed by atoms with van der Waals surface area (Å²) in [6.07, 6.45) is 0.975. The summed E-state index contributed by atoms with van der Waals surface area (Å²) in [6, 6.07) is 12.5. The van der Waals surface area contributed by atoms with E-state index in [1.54, 1.807) is 21.3 Å². The summed E-state index contributed by atoms with van der Waals surface area (Å²) in [4.78, 5) is 2.43. The second-order valence-electron chi connectivity index (χ2n) is 6.23. The van der Waals surface area contributed by atoms with Gasteiger partial charge in [0.05, 0.1) is 21.3 Å². The second-order valence-corrected chi connectivity index (χ2v) is 6.23. The van der Waals surface area contributed by atoms with Crippen LogP contribution in [0.5, 0.6) is 17.2 Å². The molecule has 0 saturated heterocycles. The lowest BCUT2D eigenvalue weighted by molar-refractivity contribution is 0.180. The summed E-state index contributed by atoms with van der Waals surface area (Å²) in [5.74, 6) is 2.41. The van der Waals surface area contributed by atoms with Crippen LogP contribution in [0.1, 0.15) is 22.7 Å². The minimum atomic E-state index is 0.172. The van der Waals surface area contributed by atoms with Crippen LogP contribution in [-0.4, -0.2) is 39.3 Å². The van der Waals surface area contributed by atoms with Crippen LogP contribution < -0.4 is 19.9 Å². The average molecular weight is 342 g/mol. The maximum atomic E-state index is 6.14. The molecule has 0 spiro atoms. The average Bonchev–Trinajstić information content (AvgIpc) is 2.67. The molecular weight excluding hydrogens is 316 g/mol. The molecule has 0 saturated carbocycles. The smallest absolute Gasteiger partial charge is 0.161 e. The third-order valence-corrected chi connectivity index (χ3v) is 4.88. The summed E-state index contributed by atoms with van der Waals surface area (Å²) in [6.45, 7) is 2.40. The van der Waals surface area contributed by atoms with Crippen LogP contribution in [0.4, 0.5) is 0 Å². The highest BCUT2D eigenvalue weighted by Crippen LogP contribution is 2.38. The summed E-state index contributed by atoms with van der Waals surface area (Å²) in [5.41, 5.74) is 9.92. The lowest BCUT2D eigenvalue weighted by atomic mass is 9.91. The number of benzene rings is 2. The Bertz CT molecular complexity index is 716. The predicted octanol–water partition coefficient (Wildman–Crippen LogP) is 2.77. The Balaban J connectivity index is 1.86. The number of hydrogen-bond donors (Lipinski definition) is 1. The normalized spacial score (nSPS) is 17.0. The molecule has 5 nitrogen and oxygen atoms in total. The van der Waals surface area contributed by atoms with Crippen LogP contribution >= 0.6 is 0 Å².